The van der Waals surface area contributed by atoms with Gasteiger partial charge in [0, 0.05) is 13.0 Å². The normalized spacial score (nSPS) is 13.5. The topological polar surface area (TPSA) is 81.9 Å². The minimum Gasteiger partial charge on any atom is -0.495 e. The minimum absolute atomic E-state index is 0.155. The lowest BCUT2D eigenvalue weighted by Crippen LogP contribution is -2.26. The van der Waals surface area contributed by atoms with Crippen LogP contribution in [0.4, 0.5) is 4.39 Å². The Hall–Kier alpha value is -2.51. The van der Waals surface area contributed by atoms with Crippen molar-refractivity contribution in [3.05, 3.63) is 35.4 Å². The van der Waals surface area contributed by atoms with Gasteiger partial charge in [-0.05, 0) is 18.9 Å². The average Bonchev–Trinajstić information content (AvgIpc) is 2.96. The molecule has 0 aliphatic carbocycles. The zero-order valence-corrected chi connectivity index (χ0v) is 12.2. The smallest absolute Gasteiger partial charge is 0.256 e. The number of ether oxygens (including phenoxy) is 1. The Bertz CT molecular complexity index is 701. The molecule has 1 aliphatic heterocycles. The largest absolute Gasteiger partial charge is 0.495 e. The quantitative estimate of drug-likeness (QED) is 0.855. The number of rotatable bonds is 4. The Kier molecular flexibility index (Phi) is 3.99. The number of nitrogens with one attached hydrogen (secondary N) is 1. The Morgan fingerprint density at radius 1 is 1.45 bits per heavy atom. The maximum atomic E-state index is 13.6. The molecule has 22 heavy (non-hydrogen) atoms. The van der Waals surface area contributed by atoms with Crippen molar-refractivity contribution < 1.29 is 13.9 Å². The lowest BCUT2D eigenvalue weighted by molar-refractivity contribution is 0.0944. The monoisotopic (exact) mass is 305 g/mol. The summed E-state index contributed by atoms with van der Waals surface area (Å²) in [5, 5.41) is 10.8. The molecular weight excluding hydrogens is 289 g/mol. The molecule has 1 aliphatic rings. The van der Waals surface area contributed by atoms with Crippen LogP contribution >= 0.6 is 0 Å². The van der Waals surface area contributed by atoms with E-state index in [1.54, 1.807) is 0 Å². The Morgan fingerprint density at radius 3 is 3.14 bits per heavy atom. The van der Waals surface area contributed by atoms with Gasteiger partial charge < -0.3 is 14.6 Å². The number of aryl methyl sites for hydroxylation is 1. The van der Waals surface area contributed by atoms with Gasteiger partial charge in [0.2, 0.25) is 5.95 Å². The zero-order valence-electron chi connectivity index (χ0n) is 12.2. The summed E-state index contributed by atoms with van der Waals surface area (Å²) in [6, 6.07) is 1.32. The molecule has 0 aromatic carbocycles. The molecule has 2 aromatic heterocycles. The Labute approximate surface area is 126 Å². The number of amides is 1. The van der Waals surface area contributed by atoms with Crippen LogP contribution in [-0.4, -0.2) is 32.8 Å². The molecule has 0 saturated carbocycles. The summed E-state index contributed by atoms with van der Waals surface area (Å²) in [6.07, 6.45) is 4.29. The second-order valence-electron chi connectivity index (χ2n) is 5.04. The third-order valence-corrected chi connectivity index (χ3v) is 3.64. The number of methoxy groups -OCH3 is 1. The molecule has 1 N–H and O–H groups in total. The average molecular weight is 305 g/mol. The van der Waals surface area contributed by atoms with Gasteiger partial charge in [0.15, 0.2) is 5.82 Å². The van der Waals surface area contributed by atoms with Gasteiger partial charge in [0.1, 0.15) is 11.6 Å². The number of nitrogens with zero attached hydrogens (tertiary/aromatic N) is 4. The highest BCUT2D eigenvalue weighted by Crippen LogP contribution is 2.15. The highest BCUT2D eigenvalue weighted by Gasteiger charge is 2.18. The number of pyridine rings is 1. The van der Waals surface area contributed by atoms with E-state index in [0.717, 1.165) is 31.6 Å². The first-order valence-corrected chi connectivity index (χ1v) is 7.07. The molecule has 0 saturated heterocycles. The second-order valence-corrected chi connectivity index (χ2v) is 5.04. The molecule has 3 rings (SSSR count). The predicted molar refractivity (Wildman–Crippen MR) is 74.9 cm³/mol. The number of hydrogen-bond acceptors (Lipinski definition) is 5. The Morgan fingerprint density at radius 2 is 2.32 bits per heavy atom. The maximum absolute atomic E-state index is 13.6. The molecule has 0 fully saturated rings. The maximum Gasteiger partial charge on any atom is 0.256 e. The molecule has 1 amide bonds. The summed E-state index contributed by atoms with van der Waals surface area (Å²) in [4.78, 5) is 15.6. The van der Waals surface area contributed by atoms with Gasteiger partial charge >= 0.3 is 0 Å². The number of aromatic nitrogens is 4. The predicted octanol–water partition coefficient (Wildman–Crippen LogP) is 1.09. The van der Waals surface area contributed by atoms with Crippen LogP contribution in [0.15, 0.2) is 12.3 Å². The van der Waals surface area contributed by atoms with Crippen LogP contribution in [0, 0.1) is 5.95 Å². The van der Waals surface area contributed by atoms with Gasteiger partial charge in [0.25, 0.3) is 5.91 Å². The van der Waals surface area contributed by atoms with Gasteiger partial charge in [0.05, 0.1) is 25.4 Å². The number of carbonyl (C=O) groups excluding carboxylic acids is 1. The molecule has 0 atom stereocenters. The van der Waals surface area contributed by atoms with Crippen molar-refractivity contribution in [2.45, 2.75) is 32.4 Å². The summed E-state index contributed by atoms with van der Waals surface area (Å²) in [5.41, 5.74) is -0.155. The first-order valence-electron chi connectivity index (χ1n) is 7.07. The number of halogens is 1. The van der Waals surface area contributed by atoms with E-state index in [0.29, 0.717) is 11.6 Å². The van der Waals surface area contributed by atoms with Crippen LogP contribution < -0.4 is 10.1 Å². The fourth-order valence-corrected chi connectivity index (χ4v) is 2.45. The number of fused-ring (bicyclic) bond motifs is 1. The third kappa shape index (κ3) is 2.76. The van der Waals surface area contributed by atoms with Gasteiger partial charge in [-0.25, -0.2) is 4.98 Å². The molecular formula is C14H16FN5O2. The van der Waals surface area contributed by atoms with E-state index in [-0.39, 0.29) is 12.1 Å². The minimum atomic E-state index is -0.832. The number of hydrogen-bond donors (Lipinski definition) is 1. The van der Waals surface area contributed by atoms with Crippen LogP contribution in [0.25, 0.3) is 0 Å². The van der Waals surface area contributed by atoms with Crippen LogP contribution in [0.1, 0.15) is 34.8 Å². The molecule has 116 valence electrons. The summed E-state index contributed by atoms with van der Waals surface area (Å²) in [5.74, 6) is 0.550. The van der Waals surface area contributed by atoms with Crippen LogP contribution in [0.2, 0.25) is 0 Å². The van der Waals surface area contributed by atoms with E-state index in [2.05, 4.69) is 20.5 Å². The van der Waals surface area contributed by atoms with Crippen molar-refractivity contribution in [3.8, 4) is 5.75 Å². The molecule has 2 aromatic rings. The molecule has 0 spiro atoms. The van der Waals surface area contributed by atoms with Gasteiger partial charge in [-0.15, -0.1) is 10.2 Å². The molecule has 0 bridgehead atoms. The van der Waals surface area contributed by atoms with Crippen LogP contribution in [0.3, 0.4) is 0 Å². The molecule has 3 heterocycles. The van der Waals surface area contributed by atoms with E-state index in [4.69, 9.17) is 4.74 Å². The zero-order chi connectivity index (χ0) is 15.5. The first kappa shape index (κ1) is 14.4. The highest BCUT2D eigenvalue weighted by molar-refractivity contribution is 5.94. The van der Waals surface area contributed by atoms with Gasteiger partial charge in [-0.2, -0.15) is 4.39 Å². The van der Waals surface area contributed by atoms with E-state index in [1.807, 2.05) is 4.57 Å². The highest BCUT2D eigenvalue weighted by atomic mass is 19.1. The summed E-state index contributed by atoms with van der Waals surface area (Å²) in [6.45, 7) is 1.05. The van der Waals surface area contributed by atoms with Crippen molar-refractivity contribution in [3.63, 3.8) is 0 Å². The summed E-state index contributed by atoms with van der Waals surface area (Å²) < 4.78 is 20.6. The van der Waals surface area contributed by atoms with E-state index >= 15 is 0 Å². The van der Waals surface area contributed by atoms with E-state index < -0.39 is 11.9 Å². The van der Waals surface area contributed by atoms with Gasteiger partial charge in [-0.3, -0.25) is 4.79 Å². The van der Waals surface area contributed by atoms with Crippen molar-refractivity contribution in [1.29, 1.82) is 0 Å². The van der Waals surface area contributed by atoms with Gasteiger partial charge in [-0.1, -0.05) is 0 Å². The van der Waals surface area contributed by atoms with E-state index in [1.165, 1.54) is 19.4 Å². The molecule has 0 unspecified atom stereocenters. The molecule has 0 radical (unpaired) electrons. The van der Waals surface area contributed by atoms with Crippen molar-refractivity contribution in [1.82, 2.24) is 25.1 Å². The van der Waals surface area contributed by atoms with E-state index in [9.17, 15) is 9.18 Å². The molecule has 8 heteroatoms. The lowest BCUT2D eigenvalue weighted by atomic mass is 10.2. The second kappa shape index (κ2) is 6.08. The lowest BCUT2D eigenvalue weighted by Gasteiger charge is -2.14. The Balaban J connectivity index is 1.71. The van der Waals surface area contributed by atoms with Crippen molar-refractivity contribution in [2.75, 3.05) is 7.11 Å². The summed E-state index contributed by atoms with van der Waals surface area (Å²) >= 11 is 0. The fraction of sp³-hybridized carbons (Fsp3) is 0.429. The van der Waals surface area contributed by atoms with Crippen LogP contribution in [0.5, 0.6) is 5.75 Å². The van der Waals surface area contributed by atoms with Crippen LogP contribution in [-0.2, 0) is 19.5 Å². The third-order valence-electron chi connectivity index (χ3n) is 3.64. The first-order chi connectivity index (χ1) is 10.7. The van der Waals surface area contributed by atoms with Crippen molar-refractivity contribution >= 4 is 5.91 Å². The van der Waals surface area contributed by atoms with Crippen molar-refractivity contribution in [2.24, 2.45) is 0 Å². The molecule has 7 nitrogen and oxygen atoms in total. The standard InChI is InChI=1S/C14H16FN5O2/c1-22-9-6-10(13(15)16-7-9)14(21)17-8-12-19-18-11-4-2-3-5-20(11)12/h6-7H,2-5,8H2,1H3,(H,17,21). The fourth-order valence-electron chi connectivity index (χ4n) is 2.45. The summed E-state index contributed by atoms with van der Waals surface area (Å²) in [7, 11) is 1.43. The SMILES string of the molecule is COc1cnc(F)c(C(=O)NCc2nnc3n2CCCC3)c1. The number of carbonyl (C=O) groups is 1.